The van der Waals surface area contributed by atoms with Gasteiger partial charge in [-0.2, -0.15) is 0 Å². The zero-order valence-corrected chi connectivity index (χ0v) is 16.9. The van der Waals surface area contributed by atoms with Gasteiger partial charge in [-0.25, -0.2) is 4.79 Å². The molecule has 0 saturated carbocycles. The first-order chi connectivity index (χ1) is 14.4. The molecule has 0 radical (unpaired) electrons. The monoisotopic (exact) mass is 406 g/mol. The van der Waals surface area contributed by atoms with Crippen LogP contribution in [-0.4, -0.2) is 31.0 Å². The van der Waals surface area contributed by atoms with Crippen LogP contribution in [0.25, 0.3) is 10.8 Å². The van der Waals surface area contributed by atoms with Gasteiger partial charge in [-0.15, -0.1) is 0 Å². The molecule has 2 N–H and O–H groups in total. The summed E-state index contributed by atoms with van der Waals surface area (Å²) in [5, 5.41) is 6.80. The van der Waals surface area contributed by atoms with Crippen LogP contribution in [-0.2, 0) is 14.3 Å². The van der Waals surface area contributed by atoms with Crippen molar-refractivity contribution in [2.45, 2.75) is 20.0 Å². The van der Waals surface area contributed by atoms with E-state index in [4.69, 9.17) is 9.47 Å². The van der Waals surface area contributed by atoms with E-state index in [0.29, 0.717) is 28.1 Å². The van der Waals surface area contributed by atoms with Crippen molar-refractivity contribution in [3.05, 3.63) is 66.2 Å². The van der Waals surface area contributed by atoms with Crippen molar-refractivity contribution in [3.8, 4) is 5.75 Å². The second kappa shape index (κ2) is 9.09. The Hall–Kier alpha value is -3.87. The first kappa shape index (κ1) is 20.9. The Morgan fingerprint density at radius 3 is 2.03 bits per heavy atom. The number of esters is 1. The Kier molecular flexibility index (Phi) is 6.32. The lowest BCUT2D eigenvalue weighted by atomic mass is 10.0. The van der Waals surface area contributed by atoms with Crippen molar-refractivity contribution in [2.24, 2.45) is 0 Å². The number of anilines is 2. The normalized spacial score (nSPS) is 11.4. The topological polar surface area (TPSA) is 93.7 Å². The lowest BCUT2D eigenvalue weighted by Crippen LogP contribution is -2.30. The van der Waals surface area contributed by atoms with Crippen LogP contribution in [0.5, 0.6) is 5.75 Å². The zero-order valence-electron chi connectivity index (χ0n) is 16.9. The Morgan fingerprint density at radius 1 is 0.833 bits per heavy atom. The molecule has 3 aromatic carbocycles. The van der Waals surface area contributed by atoms with Crippen LogP contribution in [0, 0.1) is 0 Å². The molecule has 0 unspecified atom stereocenters. The van der Waals surface area contributed by atoms with E-state index in [1.54, 1.807) is 49.6 Å². The van der Waals surface area contributed by atoms with Crippen molar-refractivity contribution in [1.82, 2.24) is 0 Å². The molecule has 0 aromatic heterocycles. The molecule has 0 spiro atoms. The smallest absolute Gasteiger partial charge is 0.339 e. The average molecular weight is 406 g/mol. The van der Waals surface area contributed by atoms with Gasteiger partial charge in [-0.1, -0.05) is 24.3 Å². The SMILES string of the molecule is COc1ccc(C(=O)O[C@@H](C)C(=O)Nc2ccc(NC(C)=O)cc2)c2ccccc12. The molecule has 0 aliphatic heterocycles. The van der Waals surface area contributed by atoms with E-state index in [0.717, 1.165) is 5.39 Å². The van der Waals surface area contributed by atoms with E-state index < -0.39 is 18.0 Å². The number of hydrogen-bond donors (Lipinski definition) is 2. The molecule has 0 saturated heterocycles. The summed E-state index contributed by atoms with van der Waals surface area (Å²) in [5.41, 5.74) is 1.49. The average Bonchev–Trinajstić information content (AvgIpc) is 2.73. The van der Waals surface area contributed by atoms with Gasteiger partial charge in [0.25, 0.3) is 5.91 Å². The molecule has 7 heteroatoms. The van der Waals surface area contributed by atoms with Gasteiger partial charge in [0.2, 0.25) is 5.91 Å². The third-order valence-corrected chi connectivity index (χ3v) is 4.45. The summed E-state index contributed by atoms with van der Waals surface area (Å²) in [5.74, 6) is -0.597. The number of fused-ring (bicyclic) bond motifs is 1. The van der Waals surface area contributed by atoms with Crippen molar-refractivity contribution >= 4 is 39.9 Å². The predicted molar refractivity (Wildman–Crippen MR) is 115 cm³/mol. The van der Waals surface area contributed by atoms with E-state index >= 15 is 0 Å². The Morgan fingerprint density at radius 2 is 1.43 bits per heavy atom. The van der Waals surface area contributed by atoms with E-state index in [1.165, 1.54) is 13.8 Å². The summed E-state index contributed by atoms with van der Waals surface area (Å²) < 4.78 is 10.7. The molecule has 1 atom stereocenters. The molecule has 0 bridgehead atoms. The predicted octanol–water partition coefficient (Wildman–Crippen LogP) is 3.99. The summed E-state index contributed by atoms with van der Waals surface area (Å²) >= 11 is 0. The minimum atomic E-state index is -1.01. The summed E-state index contributed by atoms with van der Waals surface area (Å²) in [6.45, 7) is 2.92. The molecule has 3 aromatic rings. The Balaban J connectivity index is 1.69. The number of ether oxygens (including phenoxy) is 2. The van der Waals surface area contributed by atoms with Gasteiger partial charge < -0.3 is 20.1 Å². The summed E-state index contributed by atoms with van der Waals surface area (Å²) in [4.78, 5) is 36.2. The molecule has 3 rings (SSSR count). The quantitative estimate of drug-likeness (QED) is 0.604. The maximum atomic E-state index is 12.7. The van der Waals surface area contributed by atoms with Gasteiger partial charge in [0.05, 0.1) is 12.7 Å². The van der Waals surface area contributed by atoms with Crippen molar-refractivity contribution in [2.75, 3.05) is 17.7 Å². The summed E-state index contributed by atoms with van der Waals surface area (Å²) in [7, 11) is 1.56. The van der Waals surface area contributed by atoms with Crippen LogP contribution in [0.2, 0.25) is 0 Å². The lowest BCUT2D eigenvalue weighted by molar-refractivity contribution is -0.123. The van der Waals surface area contributed by atoms with Crippen LogP contribution in [0.3, 0.4) is 0 Å². The van der Waals surface area contributed by atoms with Crippen molar-refractivity contribution < 1.29 is 23.9 Å². The van der Waals surface area contributed by atoms with Gasteiger partial charge >= 0.3 is 5.97 Å². The summed E-state index contributed by atoms with van der Waals surface area (Å²) in [6.07, 6.45) is -1.01. The molecule has 7 nitrogen and oxygen atoms in total. The highest BCUT2D eigenvalue weighted by molar-refractivity contribution is 6.07. The third-order valence-electron chi connectivity index (χ3n) is 4.45. The van der Waals surface area contributed by atoms with Crippen molar-refractivity contribution in [1.29, 1.82) is 0 Å². The molecule has 2 amide bonds. The fourth-order valence-electron chi connectivity index (χ4n) is 2.99. The number of rotatable bonds is 6. The molecule has 0 heterocycles. The van der Waals surface area contributed by atoms with E-state index in [-0.39, 0.29) is 5.91 Å². The lowest BCUT2D eigenvalue weighted by Gasteiger charge is -2.15. The number of carbonyl (C=O) groups excluding carboxylic acids is 3. The maximum Gasteiger partial charge on any atom is 0.339 e. The largest absolute Gasteiger partial charge is 0.496 e. The second-order valence-electron chi connectivity index (χ2n) is 6.66. The number of hydrogen-bond acceptors (Lipinski definition) is 5. The zero-order chi connectivity index (χ0) is 21.7. The molecule has 0 aliphatic rings. The first-order valence-corrected chi connectivity index (χ1v) is 9.34. The Bertz CT molecular complexity index is 1090. The van der Waals surface area contributed by atoms with Gasteiger partial charge in [0.1, 0.15) is 5.75 Å². The molecule has 154 valence electrons. The number of methoxy groups -OCH3 is 1. The third kappa shape index (κ3) is 4.75. The standard InChI is InChI=1S/C23H22N2O5/c1-14(22(27)25-17-10-8-16(9-11-17)24-15(2)26)30-23(28)20-12-13-21(29-3)19-7-5-4-6-18(19)20/h4-14H,1-3H3,(H,24,26)(H,25,27)/t14-/m0/s1. The molecule has 0 fully saturated rings. The second-order valence-corrected chi connectivity index (χ2v) is 6.66. The van der Waals surface area contributed by atoms with Crippen molar-refractivity contribution in [3.63, 3.8) is 0 Å². The van der Waals surface area contributed by atoms with Gasteiger partial charge in [0, 0.05) is 23.7 Å². The number of carbonyl (C=O) groups is 3. The molecule has 0 aliphatic carbocycles. The van der Waals surface area contributed by atoms with Gasteiger partial charge in [-0.3, -0.25) is 9.59 Å². The highest BCUT2D eigenvalue weighted by Crippen LogP contribution is 2.29. The van der Waals surface area contributed by atoms with Crippen LogP contribution in [0.15, 0.2) is 60.7 Å². The van der Waals surface area contributed by atoms with Gasteiger partial charge in [0.15, 0.2) is 6.10 Å². The number of benzene rings is 3. The van der Waals surface area contributed by atoms with E-state index in [9.17, 15) is 14.4 Å². The first-order valence-electron chi connectivity index (χ1n) is 9.34. The maximum absolute atomic E-state index is 12.7. The molecular formula is C23H22N2O5. The fraction of sp³-hybridized carbons (Fsp3) is 0.174. The van der Waals surface area contributed by atoms with Crippen LogP contribution in [0.1, 0.15) is 24.2 Å². The van der Waals surface area contributed by atoms with Crippen LogP contribution in [0.4, 0.5) is 11.4 Å². The summed E-state index contributed by atoms with van der Waals surface area (Å²) in [6, 6.07) is 17.3. The van der Waals surface area contributed by atoms with Gasteiger partial charge in [-0.05, 0) is 48.7 Å². The molecule has 30 heavy (non-hydrogen) atoms. The van der Waals surface area contributed by atoms with E-state index in [1.807, 2.05) is 18.2 Å². The number of amides is 2. The van der Waals surface area contributed by atoms with E-state index in [2.05, 4.69) is 10.6 Å². The minimum Gasteiger partial charge on any atom is -0.496 e. The Labute approximate surface area is 174 Å². The van der Waals surface area contributed by atoms with Crippen LogP contribution < -0.4 is 15.4 Å². The number of nitrogens with one attached hydrogen (secondary N) is 2. The fourth-order valence-corrected chi connectivity index (χ4v) is 2.99. The highest BCUT2D eigenvalue weighted by atomic mass is 16.5. The highest BCUT2D eigenvalue weighted by Gasteiger charge is 2.21. The van der Waals surface area contributed by atoms with Crippen LogP contribution >= 0.6 is 0 Å². The minimum absolute atomic E-state index is 0.182. The molecular weight excluding hydrogens is 384 g/mol.